The summed E-state index contributed by atoms with van der Waals surface area (Å²) in [5.74, 6) is -0.183. The van der Waals surface area contributed by atoms with Gasteiger partial charge in [0.1, 0.15) is 12.2 Å². The van der Waals surface area contributed by atoms with Crippen LogP contribution in [-0.2, 0) is 11.3 Å². The second-order valence-electron chi connectivity index (χ2n) is 5.08. The molecular formula is C14H20N4O3. The molecule has 1 aliphatic rings. The molecule has 114 valence electrons. The van der Waals surface area contributed by atoms with Crippen molar-refractivity contribution in [3.8, 4) is 0 Å². The van der Waals surface area contributed by atoms with E-state index in [-0.39, 0.29) is 18.7 Å². The highest BCUT2D eigenvalue weighted by Crippen LogP contribution is 2.17. The molecule has 1 aliphatic heterocycles. The first-order valence-corrected chi connectivity index (χ1v) is 7.23. The summed E-state index contributed by atoms with van der Waals surface area (Å²) >= 11 is 0. The molecule has 0 fully saturated rings. The molecule has 0 bridgehead atoms. The summed E-state index contributed by atoms with van der Waals surface area (Å²) in [7, 11) is 0. The van der Waals surface area contributed by atoms with Gasteiger partial charge in [0.15, 0.2) is 5.82 Å². The second-order valence-corrected chi connectivity index (χ2v) is 5.08. The Morgan fingerprint density at radius 3 is 2.86 bits per heavy atom. The van der Waals surface area contributed by atoms with Crippen molar-refractivity contribution in [2.24, 2.45) is 4.99 Å². The van der Waals surface area contributed by atoms with Gasteiger partial charge in [-0.25, -0.2) is 4.98 Å². The van der Waals surface area contributed by atoms with Gasteiger partial charge in [0.2, 0.25) is 5.78 Å². The summed E-state index contributed by atoms with van der Waals surface area (Å²) in [6, 6.07) is 0. The Labute approximate surface area is 123 Å². The van der Waals surface area contributed by atoms with Crippen molar-refractivity contribution in [3.63, 3.8) is 0 Å². The van der Waals surface area contributed by atoms with E-state index in [0.29, 0.717) is 11.5 Å². The van der Waals surface area contributed by atoms with Gasteiger partial charge in [0.25, 0.3) is 0 Å². The molecule has 0 atom stereocenters. The Bertz CT molecular complexity index is 536. The number of aliphatic imine (C=N–C) groups is 1. The quantitative estimate of drug-likeness (QED) is 0.714. The van der Waals surface area contributed by atoms with Gasteiger partial charge in [-0.3, -0.25) is 14.6 Å². The first kappa shape index (κ1) is 15.2. The van der Waals surface area contributed by atoms with Crippen LogP contribution in [0.5, 0.6) is 0 Å². The number of carboxylic acid groups (broad SMARTS) is 1. The molecule has 7 heteroatoms. The van der Waals surface area contributed by atoms with Crippen molar-refractivity contribution in [2.45, 2.75) is 45.1 Å². The number of aryl methyl sites for hydroxylation is 1. The Morgan fingerprint density at radius 1 is 1.29 bits per heavy atom. The number of carbonyl (C=O) groups is 2. The average molecular weight is 292 g/mol. The Kier molecular flexibility index (Phi) is 5.48. The van der Waals surface area contributed by atoms with Crippen molar-refractivity contribution in [1.29, 1.82) is 0 Å². The van der Waals surface area contributed by atoms with Crippen LogP contribution in [0.3, 0.4) is 0 Å². The van der Waals surface area contributed by atoms with Gasteiger partial charge in [-0.05, 0) is 12.8 Å². The minimum atomic E-state index is -0.732. The number of fused-ring (bicyclic) bond motifs is 1. The first-order valence-electron chi connectivity index (χ1n) is 7.23. The molecular weight excluding hydrogens is 272 g/mol. The maximum absolute atomic E-state index is 12.0. The van der Waals surface area contributed by atoms with E-state index in [9.17, 15) is 9.59 Å². The molecule has 0 radical (unpaired) electrons. The number of rotatable bonds is 8. The third kappa shape index (κ3) is 4.40. The van der Waals surface area contributed by atoms with Crippen LogP contribution in [-0.4, -0.2) is 39.3 Å². The number of anilines is 1. The Hall–Kier alpha value is -2.18. The van der Waals surface area contributed by atoms with Gasteiger partial charge in [-0.1, -0.05) is 19.3 Å². The van der Waals surface area contributed by atoms with Gasteiger partial charge < -0.3 is 15.0 Å². The number of aromatic nitrogens is 2. The highest BCUT2D eigenvalue weighted by molar-refractivity contribution is 6.04. The lowest BCUT2D eigenvalue weighted by Crippen LogP contribution is -2.11. The van der Waals surface area contributed by atoms with Crippen LogP contribution in [0.4, 0.5) is 5.82 Å². The SMILES string of the molecule is O=C(O)CCCCCCCn1cnc2c1C(=O)CN=CN2. The third-order valence-electron chi connectivity index (χ3n) is 3.42. The fourth-order valence-electron chi connectivity index (χ4n) is 2.35. The highest BCUT2D eigenvalue weighted by atomic mass is 16.4. The zero-order valence-electron chi connectivity index (χ0n) is 11.9. The number of carboxylic acids is 1. The molecule has 0 saturated heterocycles. The van der Waals surface area contributed by atoms with E-state index in [2.05, 4.69) is 15.3 Å². The zero-order chi connectivity index (χ0) is 15.1. The fourth-order valence-corrected chi connectivity index (χ4v) is 2.35. The van der Waals surface area contributed by atoms with Gasteiger partial charge >= 0.3 is 5.97 Å². The maximum Gasteiger partial charge on any atom is 0.303 e. The number of nitrogens with one attached hydrogen (secondary N) is 1. The minimum Gasteiger partial charge on any atom is -0.481 e. The number of carbonyl (C=O) groups excluding carboxylic acids is 1. The molecule has 0 aromatic carbocycles. The Balaban J connectivity index is 1.74. The Morgan fingerprint density at radius 2 is 2.05 bits per heavy atom. The first-order chi connectivity index (χ1) is 10.2. The number of nitrogens with zero attached hydrogens (tertiary/aromatic N) is 3. The largest absolute Gasteiger partial charge is 0.481 e. The fraction of sp³-hybridized carbons (Fsp3) is 0.571. The summed E-state index contributed by atoms with van der Waals surface area (Å²) in [6.45, 7) is 0.898. The number of hydrogen-bond acceptors (Lipinski definition) is 5. The van der Waals surface area contributed by atoms with Crippen LogP contribution in [0.1, 0.15) is 49.0 Å². The summed E-state index contributed by atoms with van der Waals surface area (Å²) in [6.07, 6.45) is 8.07. The van der Waals surface area contributed by atoms with E-state index in [4.69, 9.17) is 5.11 Å². The molecule has 0 spiro atoms. The van der Waals surface area contributed by atoms with Crippen LogP contribution < -0.4 is 5.32 Å². The highest BCUT2D eigenvalue weighted by Gasteiger charge is 2.19. The molecule has 2 heterocycles. The molecule has 0 amide bonds. The van der Waals surface area contributed by atoms with Crippen LogP contribution in [0.25, 0.3) is 0 Å². The summed E-state index contributed by atoms with van der Waals surface area (Å²) < 4.78 is 1.87. The predicted molar refractivity (Wildman–Crippen MR) is 78.9 cm³/mol. The number of hydrogen-bond donors (Lipinski definition) is 2. The molecule has 0 saturated carbocycles. The van der Waals surface area contributed by atoms with Crippen LogP contribution in [0.2, 0.25) is 0 Å². The predicted octanol–water partition coefficient (Wildman–Crippen LogP) is 1.94. The van der Waals surface area contributed by atoms with E-state index in [0.717, 1.165) is 38.6 Å². The molecule has 2 rings (SSSR count). The second kappa shape index (κ2) is 7.56. The van der Waals surface area contributed by atoms with Crippen molar-refractivity contribution in [1.82, 2.24) is 9.55 Å². The molecule has 0 aliphatic carbocycles. The van der Waals surface area contributed by atoms with Gasteiger partial charge in [-0.15, -0.1) is 0 Å². The summed E-state index contributed by atoms with van der Waals surface area (Å²) in [4.78, 5) is 30.5. The number of imidazole rings is 1. The van der Waals surface area contributed by atoms with E-state index in [1.165, 1.54) is 6.34 Å². The van der Waals surface area contributed by atoms with Crippen molar-refractivity contribution in [2.75, 3.05) is 11.9 Å². The normalized spacial score (nSPS) is 13.6. The van der Waals surface area contributed by atoms with Gasteiger partial charge in [0.05, 0.1) is 12.7 Å². The number of Topliss-reactive ketones (excluding diaryl/α,β-unsaturated/α-hetero) is 1. The van der Waals surface area contributed by atoms with Crippen LogP contribution >= 0.6 is 0 Å². The molecule has 1 aromatic rings. The van der Waals surface area contributed by atoms with Crippen LogP contribution in [0, 0.1) is 0 Å². The van der Waals surface area contributed by atoms with E-state index in [1.807, 2.05) is 4.57 Å². The molecule has 1 aromatic heterocycles. The van der Waals surface area contributed by atoms with Crippen molar-refractivity contribution < 1.29 is 14.7 Å². The van der Waals surface area contributed by atoms with Crippen molar-refractivity contribution in [3.05, 3.63) is 12.0 Å². The van der Waals surface area contributed by atoms with E-state index < -0.39 is 5.97 Å². The van der Waals surface area contributed by atoms with E-state index in [1.54, 1.807) is 6.33 Å². The van der Waals surface area contributed by atoms with Crippen LogP contribution in [0.15, 0.2) is 11.3 Å². The maximum atomic E-state index is 12.0. The monoisotopic (exact) mass is 292 g/mol. The molecule has 7 nitrogen and oxygen atoms in total. The molecule has 0 unspecified atom stereocenters. The molecule has 2 N–H and O–H groups in total. The van der Waals surface area contributed by atoms with Gasteiger partial charge in [0, 0.05) is 13.0 Å². The summed E-state index contributed by atoms with van der Waals surface area (Å²) in [5.41, 5.74) is 0.596. The standard InChI is InChI=1S/C14H20N4O3/c19-11-8-15-9-16-14-13(11)18(10-17-14)7-5-3-1-2-4-6-12(20)21/h9-10H,1-8H2,(H,15,16)(H,20,21). The van der Waals surface area contributed by atoms with E-state index >= 15 is 0 Å². The lowest BCUT2D eigenvalue weighted by Gasteiger charge is -2.07. The summed E-state index contributed by atoms with van der Waals surface area (Å²) in [5, 5.41) is 11.4. The average Bonchev–Trinajstić information content (AvgIpc) is 2.76. The topological polar surface area (TPSA) is 96.6 Å². The van der Waals surface area contributed by atoms with Crippen molar-refractivity contribution >= 4 is 23.9 Å². The lowest BCUT2D eigenvalue weighted by atomic mass is 10.1. The third-order valence-corrected chi connectivity index (χ3v) is 3.42. The lowest BCUT2D eigenvalue weighted by molar-refractivity contribution is -0.137. The smallest absolute Gasteiger partial charge is 0.303 e. The number of ketones is 1. The molecule has 21 heavy (non-hydrogen) atoms. The number of aliphatic carboxylic acids is 1. The zero-order valence-corrected chi connectivity index (χ0v) is 11.9. The minimum absolute atomic E-state index is 0.0230. The number of unbranched alkanes of at least 4 members (excludes halogenated alkanes) is 4. The van der Waals surface area contributed by atoms with Gasteiger partial charge in [-0.2, -0.15) is 0 Å².